The summed E-state index contributed by atoms with van der Waals surface area (Å²) in [7, 11) is 0. The molecule has 4 rings (SSSR count). The molecule has 1 fully saturated rings. The van der Waals surface area contributed by atoms with E-state index in [0.29, 0.717) is 37.4 Å². The Labute approximate surface area is 172 Å². The number of aryl methyl sites for hydroxylation is 2. The molecule has 0 radical (unpaired) electrons. The van der Waals surface area contributed by atoms with Crippen molar-refractivity contribution >= 4 is 17.7 Å². The predicted molar refractivity (Wildman–Crippen MR) is 109 cm³/mol. The zero-order valence-electron chi connectivity index (χ0n) is 16.4. The number of ether oxygens (including phenoxy) is 1. The smallest absolute Gasteiger partial charge is 0.271 e. The number of nitrogens with zero attached hydrogens (tertiary/aromatic N) is 6. The number of nitrogen functional groups attached to an aromatic ring is 1. The van der Waals surface area contributed by atoms with Gasteiger partial charge in [-0.1, -0.05) is 42.1 Å². The van der Waals surface area contributed by atoms with Crippen LogP contribution in [0.25, 0.3) is 5.95 Å². The van der Waals surface area contributed by atoms with Crippen LogP contribution in [0.15, 0.2) is 41.6 Å². The van der Waals surface area contributed by atoms with Gasteiger partial charge in [0, 0.05) is 18.8 Å². The second-order valence-corrected chi connectivity index (χ2v) is 7.91. The van der Waals surface area contributed by atoms with Crippen molar-refractivity contribution in [3.63, 3.8) is 0 Å². The molecule has 0 spiro atoms. The average Bonchev–Trinajstić information content (AvgIpc) is 3.27. The molecule has 1 aliphatic heterocycles. The number of amides is 1. The third-order valence-corrected chi connectivity index (χ3v) is 5.92. The van der Waals surface area contributed by atoms with Crippen LogP contribution >= 0.6 is 11.8 Å². The lowest BCUT2D eigenvalue weighted by molar-refractivity contribution is -0.134. The van der Waals surface area contributed by atoms with Gasteiger partial charge in [-0.05, 0) is 25.5 Å². The number of thioether (sulfide) groups is 1. The van der Waals surface area contributed by atoms with E-state index in [4.69, 9.17) is 10.6 Å². The summed E-state index contributed by atoms with van der Waals surface area (Å²) in [6.45, 7) is 6.09. The highest BCUT2D eigenvalue weighted by molar-refractivity contribution is 8.00. The first-order valence-electron chi connectivity index (χ1n) is 9.37. The van der Waals surface area contributed by atoms with Crippen LogP contribution in [0, 0.1) is 13.8 Å². The Morgan fingerprint density at radius 3 is 2.55 bits per heavy atom. The van der Waals surface area contributed by atoms with Gasteiger partial charge in [-0.3, -0.25) is 4.79 Å². The topological polar surface area (TPSA) is 104 Å². The minimum absolute atomic E-state index is 0.0140. The molecule has 10 heteroatoms. The first-order valence-corrected chi connectivity index (χ1v) is 10.2. The van der Waals surface area contributed by atoms with Gasteiger partial charge in [0.1, 0.15) is 5.25 Å². The van der Waals surface area contributed by atoms with E-state index in [9.17, 15) is 4.79 Å². The molecule has 152 valence electrons. The lowest BCUT2D eigenvalue weighted by Crippen LogP contribution is -2.42. The van der Waals surface area contributed by atoms with Gasteiger partial charge in [0.15, 0.2) is 0 Å². The minimum atomic E-state index is -0.478. The first-order chi connectivity index (χ1) is 14.0. The number of carbonyl (C=O) groups excluding carboxylic acids is 1. The average molecular weight is 414 g/mol. The second-order valence-electron chi connectivity index (χ2n) is 6.84. The van der Waals surface area contributed by atoms with Crippen LogP contribution in [0.1, 0.15) is 22.2 Å². The van der Waals surface area contributed by atoms with Gasteiger partial charge in [-0.2, -0.15) is 5.10 Å². The molecule has 1 aliphatic rings. The van der Waals surface area contributed by atoms with Crippen molar-refractivity contribution in [3.8, 4) is 5.95 Å². The molecular formula is C19H23N7O2S. The summed E-state index contributed by atoms with van der Waals surface area (Å²) in [5, 5.41) is 12.8. The number of hydrogen-bond acceptors (Lipinski definition) is 7. The number of aromatic nitrogens is 5. The minimum Gasteiger partial charge on any atom is -0.378 e. The van der Waals surface area contributed by atoms with Gasteiger partial charge in [0.2, 0.25) is 11.1 Å². The van der Waals surface area contributed by atoms with Crippen LogP contribution in [0.5, 0.6) is 0 Å². The zero-order chi connectivity index (χ0) is 20.4. The summed E-state index contributed by atoms with van der Waals surface area (Å²) in [6, 6.07) is 11.6. The van der Waals surface area contributed by atoms with E-state index < -0.39 is 5.25 Å². The van der Waals surface area contributed by atoms with Crippen molar-refractivity contribution in [1.29, 1.82) is 0 Å². The van der Waals surface area contributed by atoms with Gasteiger partial charge in [0.05, 0.1) is 18.9 Å². The van der Waals surface area contributed by atoms with E-state index in [1.807, 2.05) is 55.1 Å². The van der Waals surface area contributed by atoms with Gasteiger partial charge < -0.3 is 15.5 Å². The zero-order valence-corrected chi connectivity index (χ0v) is 17.2. The Hall–Kier alpha value is -2.85. The summed E-state index contributed by atoms with van der Waals surface area (Å²) in [5.74, 6) is 6.70. The van der Waals surface area contributed by atoms with Crippen LogP contribution < -0.4 is 5.84 Å². The Morgan fingerprint density at radius 2 is 1.90 bits per heavy atom. The maximum absolute atomic E-state index is 13.3. The number of morpholine rings is 1. The summed E-state index contributed by atoms with van der Waals surface area (Å²) in [5.41, 5.74) is 2.66. The van der Waals surface area contributed by atoms with Crippen molar-refractivity contribution in [1.82, 2.24) is 29.6 Å². The number of rotatable bonds is 5. The predicted octanol–water partition coefficient (Wildman–Crippen LogP) is 1.49. The lowest BCUT2D eigenvalue weighted by Gasteiger charge is -2.30. The molecule has 0 aliphatic carbocycles. The van der Waals surface area contributed by atoms with Crippen molar-refractivity contribution < 1.29 is 9.53 Å². The molecule has 3 heterocycles. The molecule has 9 nitrogen and oxygen atoms in total. The number of hydrogen-bond donors (Lipinski definition) is 1. The summed E-state index contributed by atoms with van der Waals surface area (Å²) >= 11 is 1.29. The van der Waals surface area contributed by atoms with Crippen molar-refractivity contribution in [3.05, 3.63) is 53.3 Å². The molecule has 2 N–H and O–H groups in total. The third-order valence-electron chi connectivity index (χ3n) is 4.72. The Bertz CT molecular complexity index is 995. The van der Waals surface area contributed by atoms with Crippen LogP contribution in [-0.2, 0) is 9.53 Å². The van der Waals surface area contributed by atoms with E-state index >= 15 is 0 Å². The largest absolute Gasteiger partial charge is 0.378 e. The fourth-order valence-electron chi connectivity index (χ4n) is 3.27. The van der Waals surface area contributed by atoms with Crippen molar-refractivity contribution in [2.24, 2.45) is 0 Å². The van der Waals surface area contributed by atoms with E-state index in [0.717, 1.165) is 17.0 Å². The molecule has 0 saturated carbocycles. The monoisotopic (exact) mass is 413 g/mol. The quantitative estimate of drug-likeness (QED) is 0.499. The first kappa shape index (κ1) is 19.5. The number of nitrogens with two attached hydrogens (primary N) is 1. The van der Waals surface area contributed by atoms with E-state index in [2.05, 4.69) is 15.3 Å². The maximum atomic E-state index is 13.3. The van der Waals surface area contributed by atoms with Gasteiger partial charge >= 0.3 is 0 Å². The van der Waals surface area contributed by atoms with E-state index in [-0.39, 0.29) is 5.91 Å². The Morgan fingerprint density at radius 1 is 1.17 bits per heavy atom. The highest BCUT2D eigenvalue weighted by Gasteiger charge is 2.30. The molecule has 0 unspecified atom stereocenters. The molecule has 2 aromatic heterocycles. The number of carbonyl (C=O) groups is 1. The maximum Gasteiger partial charge on any atom is 0.271 e. The van der Waals surface area contributed by atoms with E-state index in [1.165, 1.54) is 16.4 Å². The highest BCUT2D eigenvalue weighted by Crippen LogP contribution is 2.36. The fraction of sp³-hybridized carbons (Fsp3) is 0.368. The van der Waals surface area contributed by atoms with Gasteiger partial charge in [-0.25, -0.2) is 9.36 Å². The standard InChI is InChI=1S/C19H23N7O2S/c1-13-12-14(2)26(23-13)18-21-22-19(25(18)20)29-16(15-6-4-3-5-7-15)17(27)24-8-10-28-11-9-24/h3-7,12,16H,8-11,20H2,1-2H3/t16-/m0/s1. The van der Waals surface area contributed by atoms with Crippen LogP contribution in [0.3, 0.4) is 0 Å². The molecule has 1 saturated heterocycles. The molecule has 1 amide bonds. The molecule has 0 bridgehead atoms. The summed E-state index contributed by atoms with van der Waals surface area (Å²) in [4.78, 5) is 15.1. The van der Waals surface area contributed by atoms with Crippen molar-refractivity contribution in [2.45, 2.75) is 24.3 Å². The summed E-state index contributed by atoms with van der Waals surface area (Å²) < 4.78 is 8.41. The van der Waals surface area contributed by atoms with Crippen LogP contribution in [-0.4, -0.2) is 61.8 Å². The summed E-state index contributed by atoms with van der Waals surface area (Å²) in [6.07, 6.45) is 0. The Balaban J connectivity index is 1.64. The van der Waals surface area contributed by atoms with Crippen LogP contribution in [0.4, 0.5) is 0 Å². The molecule has 3 aromatic rings. The van der Waals surface area contributed by atoms with Gasteiger partial charge in [0.25, 0.3) is 5.95 Å². The molecule has 1 aromatic carbocycles. The molecule has 1 atom stereocenters. The highest BCUT2D eigenvalue weighted by atomic mass is 32.2. The van der Waals surface area contributed by atoms with E-state index in [1.54, 1.807) is 4.68 Å². The molecule has 29 heavy (non-hydrogen) atoms. The molecular weight excluding hydrogens is 390 g/mol. The Kier molecular flexibility index (Phi) is 5.54. The third kappa shape index (κ3) is 3.99. The lowest BCUT2D eigenvalue weighted by atomic mass is 10.1. The second kappa shape index (κ2) is 8.26. The van der Waals surface area contributed by atoms with Crippen molar-refractivity contribution in [2.75, 3.05) is 32.1 Å². The van der Waals surface area contributed by atoms with Gasteiger partial charge in [-0.15, -0.1) is 10.2 Å². The SMILES string of the molecule is Cc1cc(C)n(-c2nnc(S[C@H](C(=O)N3CCOCC3)c3ccccc3)n2N)n1. The number of benzene rings is 1. The normalized spacial score (nSPS) is 15.4. The van der Waals surface area contributed by atoms with Crippen LogP contribution in [0.2, 0.25) is 0 Å². The fourth-order valence-corrected chi connectivity index (χ4v) is 4.31.